The van der Waals surface area contributed by atoms with Crippen LogP contribution in [0.4, 0.5) is 10.5 Å². The predicted octanol–water partition coefficient (Wildman–Crippen LogP) is 0.634. The van der Waals surface area contributed by atoms with Crippen LogP contribution in [0, 0.1) is 0 Å². The van der Waals surface area contributed by atoms with Gasteiger partial charge in [0.25, 0.3) is 0 Å². The molecule has 0 unspecified atom stereocenters. The Morgan fingerprint density at radius 1 is 1.65 bits per heavy atom. The molecule has 0 aliphatic rings. The molecule has 0 aliphatic heterocycles. The van der Waals surface area contributed by atoms with Gasteiger partial charge in [-0.15, -0.1) is 6.58 Å². The molecule has 0 aromatic carbocycles. The van der Waals surface area contributed by atoms with E-state index in [2.05, 4.69) is 17.0 Å². The lowest BCUT2D eigenvalue weighted by Gasteiger charge is -2.18. The van der Waals surface area contributed by atoms with Gasteiger partial charge in [-0.05, 0) is 0 Å². The highest BCUT2D eigenvalue weighted by Crippen LogP contribution is 2.06. The molecule has 1 aromatic rings. The van der Waals surface area contributed by atoms with E-state index >= 15 is 0 Å². The number of hydrogen-bond acceptors (Lipinski definition) is 4. The molecule has 0 fully saturated rings. The number of nitrogens with zero attached hydrogens (tertiary/aromatic N) is 3. The summed E-state index contributed by atoms with van der Waals surface area (Å²) in [7, 11) is 1.59. The van der Waals surface area contributed by atoms with Gasteiger partial charge in [-0.1, -0.05) is 6.08 Å². The summed E-state index contributed by atoms with van der Waals surface area (Å²) in [6.45, 7) is 4.32. The molecular weight excluding hydrogens is 264 g/mol. The van der Waals surface area contributed by atoms with E-state index < -0.39 is 18.5 Å². The largest absolute Gasteiger partial charge is 0.480 e. The van der Waals surface area contributed by atoms with Crippen LogP contribution in [-0.2, 0) is 16.1 Å². The summed E-state index contributed by atoms with van der Waals surface area (Å²) in [5.41, 5.74) is 0.491. The Morgan fingerprint density at radius 2 is 2.40 bits per heavy atom. The van der Waals surface area contributed by atoms with Gasteiger partial charge in [0.2, 0.25) is 0 Å². The normalized spacial score (nSPS) is 10.1. The van der Waals surface area contributed by atoms with Crippen molar-refractivity contribution in [2.75, 3.05) is 32.1 Å². The van der Waals surface area contributed by atoms with E-state index in [1.54, 1.807) is 18.0 Å². The third-order valence-electron chi connectivity index (χ3n) is 2.37. The van der Waals surface area contributed by atoms with Gasteiger partial charge in [0.05, 0.1) is 25.0 Å². The van der Waals surface area contributed by atoms with Crippen LogP contribution in [0.1, 0.15) is 0 Å². The number of rotatable bonds is 8. The van der Waals surface area contributed by atoms with Gasteiger partial charge in [-0.25, -0.2) is 4.79 Å². The van der Waals surface area contributed by atoms with Crippen LogP contribution >= 0.6 is 0 Å². The fourth-order valence-corrected chi connectivity index (χ4v) is 1.48. The van der Waals surface area contributed by atoms with Crippen molar-refractivity contribution in [1.82, 2.24) is 14.7 Å². The molecule has 110 valence electrons. The van der Waals surface area contributed by atoms with Crippen LogP contribution in [-0.4, -0.2) is 58.6 Å². The highest BCUT2D eigenvalue weighted by Gasteiger charge is 2.15. The fraction of sp³-hybridized carbons (Fsp3) is 0.417. The summed E-state index contributed by atoms with van der Waals surface area (Å²) in [5.74, 6) is -1.09. The number of aliphatic carboxylic acids is 1. The van der Waals surface area contributed by atoms with Crippen molar-refractivity contribution in [3.05, 3.63) is 25.0 Å². The molecule has 0 saturated carbocycles. The predicted molar refractivity (Wildman–Crippen MR) is 72.5 cm³/mol. The van der Waals surface area contributed by atoms with Gasteiger partial charge < -0.3 is 20.1 Å². The first-order valence-electron chi connectivity index (χ1n) is 5.96. The Balaban J connectivity index is 2.60. The maximum atomic E-state index is 11.9. The molecule has 2 N–H and O–H groups in total. The number of nitrogens with one attached hydrogen (secondary N) is 1. The van der Waals surface area contributed by atoms with Crippen LogP contribution in [0.15, 0.2) is 25.0 Å². The Labute approximate surface area is 116 Å². The van der Waals surface area contributed by atoms with Crippen molar-refractivity contribution in [2.45, 2.75) is 6.54 Å². The molecule has 0 radical (unpaired) electrons. The zero-order valence-corrected chi connectivity index (χ0v) is 11.3. The summed E-state index contributed by atoms with van der Waals surface area (Å²) in [6.07, 6.45) is 4.59. The van der Waals surface area contributed by atoms with Crippen molar-refractivity contribution in [1.29, 1.82) is 0 Å². The smallest absolute Gasteiger partial charge is 0.323 e. The standard InChI is InChI=1S/C12H18N4O4/c1-3-4-15(9-11(17)18)12(19)14-10-7-13-16(8-10)5-6-20-2/h3,7-8H,1,4-6,9H2,2H3,(H,14,19)(H,17,18). The lowest BCUT2D eigenvalue weighted by Crippen LogP contribution is -2.38. The molecule has 0 saturated heterocycles. The summed E-state index contributed by atoms with van der Waals surface area (Å²) >= 11 is 0. The minimum absolute atomic E-state index is 0.149. The number of carbonyl (C=O) groups is 2. The molecule has 0 spiro atoms. The minimum atomic E-state index is -1.09. The first-order chi connectivity index (χ1) is 9.56. The molecule has 0 bridgehead atoms. The molecule has 20 heavy (non-hydrogen) atoms. The quantitative estimate of drug-likeness (QED) is 0.682. The Bertz CT molecular complexity index is 472. The van der Waals surface area contributed by atoms with Crippen LogP contribution in [0.3, 0.4) is 0 Å². The SMILES string of the molecule is C=CCN(CC(=O)O)C(=O)Nc1cnn(CCOC)c1. The first-order valence-corrected chi connectivity index (χ1v) is 5.96. The second-order valence-corrected chi connectivity index (χ2v) is 3.98. The number of carboxylic acids is 1. The van der Waals surface area contributed by atoms with Gasteiger partial charge in [-0.3, -0.25) is 9.48 Å². The number of anilines is 1. The zero-order chi connectivity index (χ0) is 15.0. The highest BCUT2D eigenvalue weighted by atomic mass is 16.5. The van der Waals surface area contributed by atoms with E-state index in [4.69, 9.17) is 9.84 Å². The molecule has 1 aromatic heterocycles. The Hall–Kier alpha value is -2.35. The molecule has 0 atom stereocenters. The number of aromatic nitrogens is 2. The molecular formula is C12H18N4O4. The molecule has 8 nitrogen and oxygen atoms in total. The number of carbonyl (C=O) groups excluding carboxylic acids is 1. The van der Waals surface area contributed by atoms with Crippen LogP contribution in [0.5, 0.6) is 0 Å². The zero-order valence-electron chi connectivity index (χ0n) is 11.3. The Kier molecular flexibility index (Phi) is 6.24. The fourth-order valence-electron chi connectivity index (χ4n) is 1.48. The second-order valence-electron chi connectivity index (χ2n) is 3.98. The van der Waals surface area contributed by atoms with Crippen molar-refractivity contribution in [2.24, 2.45) is 0 Å². The number of methoxy groups -OCH3 is 1. The monoisotopic (exact) mass is 282 g/mol. The van der Waals surface area contributed by atoms with Gasteiger partial charge in [-0.2, -0.15) is 5.10 Å². The summed E-state index contributed by atoms with van der Waals surface area (Å²) in [4.78, 5) is 23.7. The summed E-state index contributed by atoms with van der Waals surface area (Å²) < 4.78 is 6.54. The lowest BCUT2D eigenvalue weighted by atomic mass is 10.4. The Morgan fingerprint density at radius 3 is 3.00 bits per heavy atom. The van der Waals surface area contributed by atoms with E-state index in [9.17, 15) is 9.59 Å². The molecule has 1 rings (SSSR count). The molecule has 2 amide bonds. The maximum absolute atomic E-state index is 11.9. The van der Waals surface area contributed by atoms with Gasteiger partial charge in [0.15, 0.2) is 0 Å². The first kappa shape index (κ1) is 15.7. The van der Waals surface area contributed by atoms with Crippen molar-refractivity contribution in [3.63, 3.8) is 0 Å². The van der Waals surface area contributed by atoms with Gasteiger partial charge in [0, 0.05) is 19.9 Å². The lowest BCUT2D eigenvalue weighted by molar-refractivity contribution is -0.137. The number of amides is 2. The number of urea groups is 1. The van der Waals surface area contributed by atoms with Crippen molar-refractivity contribution < 1.29 is 19.4 Å². The van der Waals surface area contributed by atoms with Crippen molar-refractivity contribution in [3.8, 4) is 0 Å². The van der Waals surface area contributed by atoms with E-state index in [1.165, 1.54) is 12.3 Å². The molecule has 8 heteroatoms. The van der Waals surface area contributed by atoms with E-state index in [1.807, 2.05) is 0 Å². The topological polar surface area (TPSA) is 96.7 Å². The van der Waals surface area contributed by atoms with Crippen molar-refractivity contribution >= 4 is 17.7 Å². The minimum Gasteiger partial charge on any atom is -0.480 e. The number of hydrogen-bond donors (Lipinski definition) is 2. The van der Waals surface area contributed by atoms with E-state index in [0.29, 0.717) is 18.8 Å². The van der Waals surface area contributed by atoms with E-state index in [-0.39, 0.29) is 6.54 Å². The highest BCUT2D eigenvalue weighted by molar-refractivity contribution is 5.91. The summed E-state index contributed by atoms with van der Waals surface area (Å²) in [6, 6.07) is -0.515. The summed E-state index contributed by atoms with van der Waals surface area (Å²) in [5, 5.41) is 15.4. The third-order valence-corrected chi connectivity index (χ3v) is 2.37. The van der Waals surface area contributed by atoms with Gasteiger partial charge >= 0.3 is 12.0 Å². The molecule has 0 aliphatic carbocycles. The molecule has 1 heterocycles. The van der Waals surface area contributed by atoms with Gasteiger partial charge in [0.1, 0.15) is 6.54 Å². The number of ether oxygens (including phenoxy) is 1. The maximum Gasteiger partial charge on any atom is 0.323 e. The number of carboxylic acid groups (broad SMARTS) is 1. The van der Waals surface area contributed by atoms with Crippen LogP contribution < -0.4 is 5.32 Å². The van der Waals surface area contributed by atoms with Crippen LogP contribution in [0.25, 0.3) is 0 Å². The average Bonchev–Trinajstić information content (AvgIpc) is 2.83. The van der Waals surface area contributed by atoms with Crippen LogP contribution in [0.2, 0.25) is 0 Å². The second kappa shape index (κ2) is 7.95. The third kappa shape index (κ3) is 5.11. The van der Waals surface area contributed by atoms with E-state index in [0.717, 1.165) is 4.90 Å². The average molecular weight is 282 g/mol.